The van der Waals surface area contributed by atoms with Gasteiger partial charge in [-0.05, 0) is 19.1 Å². The van der Waals surface area contributed by atoms with Gasteiger partial charge in [0.25, 0.3) is 0 Å². The van der Waals surface area contributed by atoms with Crippen LogP contribution < -0.4 is 10.5 Å². The van der Waals surface area contributed by atoms with Gasteiger partial charge in [0.05, 0.1) is 26.4 Å². The predicted octanol–water partition coefficient (Wildman–Crippen LogP) is 1.89. The third kappa shape index (κ3) is 4.02. The molecule has 1 aromatic rings. The van der Waals surface area contributed by atoms with Gasteiger partial charge in [-0.15, -0.1) is 0 Å². The van der Waals surface area contributed by atoms with E-state index < -0.39 is 0 Å². The molecule has 1 aliphatic rings. The highest BCUT2D eigenvalue weighted by Gasteiger charge is 2.12. The molecule has 0 amide bonds. The van der Waals surface area contributed by atoms with Crippen molar-refractivity contribution in [1.29, 1.82) is 0 Å². The monoisotopic (exact) mass is 297 g/mol. The van der Waals surface area contributed by atoms with Gasteiger partial charge in [-0.3, -0.25) is 0 Å². The number of rotatable bonds is 4. The molecule has 0 spiro atoms. The van der Waals surface area contributed by atoms with Crippen molar-refractivity contribution in [1.82, 2.24) is 4.90 Å². The Balaban J connectivity index is 2.05. The fraction of sp³-hybridized carbons (Fsp3) is 0.500. The summed E-state index contributed by atoms with van der Waals surface area (Å²) in [6.07, 6.45) is 0. The van der Waals surface area contributed by atoms with Gasteiger partial charge in [-0.2, -0.15) is 0 Å². The Morgan fingerprint density at radius 1 is 1.45 bits per heavy atom. The van der Waals surface area contributed by atoms with Crippen LogP contribution in [-0.4, -0.2) is 43.8 Å². The van der Waals surface area contributed by atoms with E-state index in [2.05, 4.69) is 4.99 Å². The van der Waals surface area contributed by atoms with Crippen LogP contribution in [0.15, 0.2) is 23.2 Å². The first-order chi connectivity index (χ1) is 9.70. The predicted molar refractivity (Wildman–Crippen MR) is 80.3 cm³/mol. The third-order valence-electron chi connectivity index (χ3n) is 3.08. The van der Waals surface area contributed by atoms with Crippen LogP contribution in [0.2, 0.25) is 5.02 Å². The van der Waals surface area contributed by atoms with E-state index in [-0.39, 0.29) is 0 Å². The summed E-state index contributed by atoms with van der Waals surface area (Å²) in [5, 5.41) is 0.655. The second-order valence-corrected chi connectivity index (χ2v) is 4.90. The van der Waals surface area contributed by atoms with E-state index in [0.29, 0.717) is 37.3 Å². The van der Waals surface area contributed by atoms with Gasteiger partial charge >= 0.3 is 0 Å². The second-order valence-electron chi connectivity index (χ2n) is 4.46. The van der Waals surface area contributed by atoms with E-state index in [9.17, 15) is 0 Å². The molecule has 0 aliphatic carbocycles. The number of ether oxygens (including phenoxy) is 2. The largest absolute Gasteiger partial charge is 0.493 e. The summed E-state index contributed by atoms with van der Waals surface area (Å²) in [4.78, 5) is 6.46. The van der Waals surface area contributed by atoms with Crippen molar-refractivity contribution >= 4 is 17.6 Å². The molecule has 110 valence electrons. The third-order valence-corrected chi connectivity index (χ3v) is 3.31. The average Bonchev–Trinajstić information content (AvgIpc) is 2.47. The van der Waals surface area contributed by atoms with Crippen molar-refractivity contribution in [3.63, 3.8) is 0 Å². The van der Waals surface area contributed by atoms with Crippen LogP contribution >= 0.6 is 11.6 Å². The smallest absolute Gasteiger partial charge is 0.191 e. The normalized spacial score (nSPS) is 16.3. The molecule has 1 heterocycles. The van der Waals surface area contributed by atoms with Crippen molar-refractivity contribution in [2.75, 3.05) is 32.9 Å². The molecule has 1 aromatic carbocycles. The molecule has 1 saturated heterocycles. The first kappa shape index (κ1) is 14.9. The number of morpholine rings is 1. The summed E-state index contributed by atoms with van der Waals surface area (Å²) < 4.78 is 10.9. The lowest BCUT2D eigenvalue weighted by Crippen LogP contribution is -2.44. The fourth-order valence-corrected chi connectivity index (χ4v) is 2.17. The van der Waals surface area contributed by atoms with Crippen LogP contribution in [0.1, 0.15) is 12.5 Å². The fourth-order valence-electron chi connectivity index (χ4n) is 2.01. The minimum atomic E-state index is 0.482. The number of hydrogen-bond donors (Lipinski definition) is 1. The van der Waals surface area contributed by atoms with Gasteiger partial charge in [0.1, 0.15) is 5.75 Å². The molecular weight excluding hydrogens is 278 g/mol. The van der Waals surface area contributed by atoms with E-state index in [4.69, 9.17) is 26.8 Å². The number of nitrogens with two attached hydrogens (primary N) is 1. The maximum atomic E-state index is 6.00. The Bertz CT molecular complexity index is 473. The molecule has 1 fully saturated rings. The molecule has 1 aliphatic heterocycles. The summed E-state index contributed by atoms with van der Waals surface area (Å²) in [6.45, 7) is 5.98. The lowest BCUT2D eigenvalue weighted by molar-refractivity contribution is 0.0674. The van der Waals surface area contributed by atoms with Crippen LogP contribution in [0.4, 0.5) is 0 Å². The molecule has 0 saturated carbocycles. The Kier molecular flexibility index (Phi) is 5.49. The summed E-state index contributed by atoms with van der Waals surface area (Å²) >= 11 is 5.97. The summed E-state index contributed by atoms with van der Waals surface area (Å²) in [5.74, 6) is 1.31. The van der Waals surface area contributed by atoms with Crippen molar-refractivity contribution in [3.05, 3.63) is 28.8 Å². The van der Waals surface area contributed by atoms with Crippen molar-refractivity contribution in [3.8, 4) is 5.75 Å². The van der Waals surface area contributed by atoms with Gasteiger partial charge in [0, 0.05) is 23.7 Å². The number of nitrogens with zero attached hydrogens (tertiary/aromatic N) is 2. The van der Waals surface area contributed by atoms with Crippen LogP contribution in [-0.2, 0) is 11.3 Å². The molecular formula is C14H20ClN3O2. The van der Waals surface area contributed by atoms with Crippen LogP contribution in [0, 0.1) is 0 Å². The zero-order chi connectivity index (χ0) is 14.4. The molecule has 6 heteroatoms. The number of halogens is 1. The molecule has 2 rings (SSSR count). The summed E-state index contributed by atoms with van der Waals surface area (Å²) in [5.41, 5.74) is 6.98. The Hall–Kier alpha value is -1.46. The molecule has 0 aromatic heterocycles. The molecule has 0 bridgehead atoms. The lowest BCUT2D eigenvalue weighted by atomic mass is 10.2. The number of guanidine groups is 1. The molecule has 0 radical (unpaired) electrons. The lowest BCUT2D eigenvalue weighted by Gasteiger charge is -2.27. The van der Waals surface area contributed by atoms with E-state index in [1.165, 1.54) is 0 Å². The van der Waals surface area contributed by atoms with Crippen molar-refractivity contribution < 1.29 is 9.47 Å². The van der Waals surface area contributed by atoms with E-state index in [1.54, 1.807) is 6.07 Å². The SMILES string of the molecule is CCOc1cc(Cl)ccc1CN=C(N)N1CCOCC1. The maximum absolute atomic E-state index is 6.00. The van der Waals surface area contributed by atoms with Crippen LogP contribution in [0.5, 0.6) is 5.75 Å². The molecule has 0 atom stereocenters. The minimum absolute atomic E-state index is 0.482. The van der Waals surface area contributed by atoms with E-state index in [1.807, 2.05) is 24.0 Å². The molecule has 20 heavy (non-hydrogen) atoms. The number of benzene rings is 1. The number of hydrogen-bond acceptors (Lipinski definition) is 3. The highest BCUT2D eigenvalue weighted by atomic mass is 35.5. The molecule has 0 unspecified atom stereocenters. The molecule has 2 N–H and O–H groups in total. The Morgan fingerprint density at radius 3 is 2.90 bits per heavy atom. The first-order valence-electron chi connectivity index (χ1n) is 6.74. The van der Waals surface area contributed by atoms with Gasteiger partial charge < -0.3 is 20.1 Å². The topological polar surface area (TPSA) is 60.1 Å². The van der Waals surface area contributed by atoms with Gasteiger partial charge in [-0.25, -0.2) is 4.99 Å². The maximum Gasteiger partial charge on any atom is 0.191 e. The zero-order valence-electron chi connectivity index (χ0n) is 11.6. The van der Waals surface area contributed by atoms with Gasteiger partial charge in [-0.1, -0.05) is 17.7 Å². The quantitative estimate of drug-likeness (QED) is 0.681. The average molecular weight is 298 g/mol. The first-order valence-corrected chi connectivity index (χ1v) is 7.12. The van der Waals surface area contributed by atoms with Gasteiger partial charge in [0.2, 0.25) is 0 Å². The highest BCUT2D eigenvalue weighted by Crippen LogP contribution is 2.24. The van der Waals surface area contributed by atoms with E-state index >= 15 is 0 Å². The molecule has 5 nitrogen and oxygen atoms in total. The minimum Gasteiger partial charge on any atom is -0.493 e. The summed E-state index contributed by atoms with van der Waals surface area (Å²) in [6, 6.07) is 5.56. The zero-order valence-corrected chi connectivity index (χ0v) is 12.4. The Labute approximate surface area is 124 Å². The summed E-state index contributed by atoms with van der Waals surface area (Å²) in [7, 11) is 0. The van der Waals surface area contributed by atoms with Crippen molar-refractivity contribution in [2.24, 2.45) is 10.7 Å². The van der Waals surface area contributed by atoms with E-state index in [0.717, 1.165) is 24.4 Å². The number of aliphatic imine (C=N–C) groups is 1. The highest BCUT2D eigenvalue weighted by molar-refractivity contribution is 6.30. The Morgan fingerprint density at radius 2 is 2.20 bits per heavy atom. The van der Waals surface area contributed by atoms with Crippen LogP contribution in [0.3, 0.4) is 0 Å². The van der Waals surface area contributed by atoms with Gasteiger partial charge in [0.15, 0.2) is 5.96 Å². The van der Waals surface area contributed by atoms with Crippen molar-refractivity contribution in [2.45, 2.75) is 13.5 Å². The standard InChI is InChI=1S/C14H20ClN3O2/c1-2-20-13-9-12(15)4-3-11(13)10-17-14(16)18-5-7-19-8-6-18/h3-4,9H,2,5-8,10H2,1H3,(H2,16,17). The second kappa shape index (κ2) is 7.36. The van der Waals surface area contributed by atoms with Crippen LogP contribution in [0.25, 0.3) is 0 Å².